The molecule has 2 aromatic rings. The number of alkyl halides is 1. The first-order chi connectivity index (χ1) is 9.74. The fourth-order valence-electron chi connectivity index (χ4n) is 2.64. The molecule has 0 aliphatic heterocycles. The van der Waals surface area contributed by atoms with Crippen molar-refractivity contribution in [1.29, 1.82) is 0 Å². The van der Waals surface area contributed by atoms with Gasteiger partial charge in [-0.1, -0.05) is 49.4 Å². The predicted molar refractivity (Wildman–Crippen MR) is 81.0 cm³/mol. The second-order valence-corrected chi connectivity index (χ2v) is 5.13. The molecule has 0 saturated heterocycles. The molecule has 0 aliphatic carbocycles. The van der Waals surface area contributed by atoms with Crippen molar-refractivity contribution < 1.29 is 9.50 Å². The van der Waals surface area contributed by atoms with Gasteiger partial charge in [0.05, 0.1) is 6.67 Å². The molecule has 0 fully saturated rings. The highest BCUT2D eigenvalue weighted by Gasteiger charge is 2.16. The number of hydrogen-bond acceptors (Lipinski definition) is 1. The maximum atomic E-state index is 12.2. The molecule has 2 rings (SSSR count). The minimum Gasteiger partial charge on any atom is -0.508 e. The lowest BCUT2D eigenvalue weighted by molar-refractivity contribution is 0.457. The smallest absolute Gasteiger partial charge is 0.119 e. The van der Waals surface area contributed by atoms with Gasteiger partial charge in [0.15, 0.2) is 0 Å². The standard InChI is InChI=1S/C18H21FO/c1-14(15-8-3-2-4-9-15)18-16(10-5-6-13-19)11-7-12-17(18)20/h2-4,7-9,11-12,14,20H,5-6,10,13H2,1H3. The van der Waals surface area contributed by atoms with Crippen molar-refractivity contribution in [3.8, 4) is 5.75 Å². The summed E-state index contributed by atoms with van der Waals surface area (Å²) in [5.41, 5.74) is 3.27. The minimum atomic E-state index is -0.275. The summed E-state index contributed by atoms with van der Waals surface area (Å²) < 4.78 is 12.2. The number of phenolic OH excluding ortho intramolecular Hbond substituents is 1. The van der Waals surface area contributed by atoms with E-state index < -0.39 is 0 Å². The summed E-state index contributed by atoms with van der Waals surface area (Å²) in [6.45, 7) is 1.82. The molecule has 20 heavy (non-hydrogen) atoms. The number of benzene rings is 2. The average Bonchev–Trinajstić information content (AvgIpc) is 2.48. The fourth-order valence-corrected chi connectivity index (χ4v) is 2.64. The van der Waals surface area contributed by atoms with Gasteiger partial charge in [0.2, 0.25) is 0 Å². The highest BCUT2D eigenvalue weighted by Crippen LogP contribution is 2.34. The van der Waals surface area contributed by atoms with E-state index in [1.165, 1.54) is 5.56 Å². The van der Waals surface area contributed by atoms with Gasteiger partial charge in [-0.05, 0) is 36.5 Å². The van der Waals surface area contributed by atoms with Gasteiger partial charge in [0.25, 0.3) is 0 Å². The third-order valence-electron chi connectivity index (χ3n) is 3.74. The van der Waals surface area contributed by atoms with Crippen LogP contribution >= 0.6 is 0 Å². The third-order valence-corrected chi connectivity index (χ3v) is 3.74. The summed E-state index contributed by atoms with van der Waals surface area (Å²) in [6, 6.07) is 15.8. The lowest BCUT2D eigenvalue weighted by Crippen LogP contribution is -2.02. The molecule has 0 bridgehead atoms. The Balaban J connectivity index is 2.29. The van der Waals surface area contributed by atoms with Crippen LogP contribution in [0.1, 0.15) is 42.4 Å². The van der Waals surface area contributed by atoms with Gasteiger partial charge < -0.3 is 5.11 Å². The highest BCUT2D eigenvalue weighted by molar-refractivity contribution is 5.46. The number of halogens is 1. The van der Waals surface area contributed by atoms with Gasteiger partial charge in [-0.2, -0.15) is 0 Å². The number of phenols is 1. The summed E-state index contributed by atoms with van der Waals surface area (Å²) in [6.07, 6.45) is 2.20. The molecule has 0 heterocycles. The first kappa shape index (κ1) is 14.6. The molecular formula is C18H21FO. The Hall–Kier alpha value is -1.83. The molecule has 0 spiro atoms. The Morgan fingerprint density at radius 3 is 2.45 bits per heavy atom. The van der Waals surface area contributed by atoms with Gasteiger partial charge in [0.1, 0.15) is 5.75 Å². The first-order valence-electron chi connectivity index (χ1n) is 7.15. The van der Waals surface area contributed by atoms with Crippen molar-refractivity contribution >= 4 is 0 Å². The van der Waals surface area contributed by atoms with Crippen LogP contribution < -0.4 is 0 Å². The molecule has 1 atom stereocenters. The molecule has 0 radical (unpaired) electrons. The van der Waals surface area contributed by atoms with Crippen LogP contribution in [0.2, 0.25) is 0 Å². The van der Waals surface area contributed by atoms with Gasteiger partial charge in [-0.3, -0.25) is 4.39 Å². The molecule has 2 aromatic carbocycles. The van der Waals surface area contributed by atoms with Crippen molar-refractivity contribution in [3.05, 3.63) is 65.2 Å². The molecule has 1 unspecified atom stereocenters. The van der Waals surface area contributed by atoms with Crippen molar-refractivity contribution in [1.82, 2.24) is 0 Å². The summed E-state index contributed by atoms with van der Waals surface area (Å²) in [7, 11) is 0. The van der Waals surface area contributed by atoms with E-state index in [9.17, 15) is 9.50 Å². The third kappa shape index (κ3) is 3.38. The van der Waals surface area contributed by atoms with Crippen LogP contribution in [0.5, 0.6) is 5.75 Å². The Morgan fingerprint density at radius 2 is 1.75 bits per heavy atom. The van der Waals surface area contributed by atoms with E-state index in [0.29, 0.717) is 12.2 Å². The zero-order chi connectivity index (χ0) is 14.4. The van der Waals surface area contributed by atoms with E-state index in [2.05, 4.69) is 19.1 Å². The van der Waals surface area contributed by atoms with Crippen LogP contribution in [0.15, 0.2) is 48.5 Å². The van der Waals surface area contributed by atoms with Gasteiger partial charge in [-0.25, -0.2) is 0 Å². The van der Waals surface area contributed by atoms with Crippen LogP contribution in [0.4, 0.5) is 4.39 Å². The van der Waals surface area contributed by atoms with Crippen LogP contribution in [0.3, 0.4) is 0 Å². The van der Waals surface area contributed by atoms with E-state index in [1.54, 1.807) is 6.07 Å². The van der Waals surface area contributed by atoms with Crippen molar-refractivity contribution in [2.45, 2.75) is 32.1 Å². The van der Waals surface area contributed by atoms with Crippen molar-refractivity contribution in [3.63, 3.8) is 0 Å². The first-order valence-corrected chi connectivity index (χ1v) is 7.15. The molecule has 2 heteroatoms. The Labute approximate surface area is 120 Å². The van der Waals surface area contributed by atoms with Crippen LogP contribution in [0, 0.1) is 0 Å². The summed E-state index contributed by atoms with van der Waals surface area (Å²) in [4.78, 5) is 0. The number of aryl methyl sites for hydroxylation is 1. The molecule has 0 amide bonds. The summed E-state index contributed by atoms with van der Waals surface area (Å²) in [5.74, 6) is 0.469. The number of rotatable bonds is 6. The molecule has 0 aliphatic rings. The lowest BCUT2D eigenvalue weighted by Gasteiger charge is -2.18. The van der Waals surface area contributed by atoms with E-state index in [-0.39, 0.29) is 12.6 Å². The number of hydrogen-bond donors (Lipinski definition) is 1. The molecule has 106 valence electrons. The van der Waals surface area contributed by atoms with Crippen molar-refractivity contribution in [2.75, 3.05) is 6.67 Å². The van der Waals surface area contributed by atoms with Crippen LogP contribution in [0.25, 0.3) is 0 Å². The highest BCUT2D eigenvalue weighted by atomic mass is 19.1. The van der Waals surface area contributed by atoms with E-state index >= 15 is 0 Å². The normalized spacial score (nSPS) is 12.3. The molecule has 1 N–H and O–H groups in total. The van der Waals surface area contributed by atoms with E-state index in [4.69, 9.17) is 0 Å². The summed E-state index contributed by atoms with van der Waals surface area (Å²) >= 11 is 0. The maximum Gasteiger partial charge on any atom is 0.119 e. The lowest BCUT2D eigenvalue weighted by atomic mass is 9.87. The quantitative estimate of drug-likeness (QED) is 0.746. The van der Waals surface area contributed by atoms with E-state index in [0.717, 1.165) is 24.0 Å². The zero-order valence-electron chi connectivity index (χ0n) is 11.8. The Kier molecular flexibility index (Phi) is 5.16. The molecular weight excluding hydrogens is 251 g/mol. The zero-order valence-corrected chi connectivity index (χ0v) is 11.8. The van der Waals surface area contributed by atoms with Gasteiger partial charge >= 0.3 is 0 Å². The van der Waals surface area contributed by atoms with Gasteiger partial charge in [0, 0.05) is 11.5 Å². The molecule has 1 nitrogen and oxygen atoms in total. The predicted octanol–water partition coefficient (Wildman–Crippen LogP) is 4.84. The average molecular weight is 272 g/mol. The number of aromatic hydroxyl groups is 1. The van der Waals surface area contributed by atoms with Crippen LogP contribution in [-0.4, -0.2) is 11.8 Å². The van der Waals surface area contributed by atoms with E-state index in [1.807, 2.05) is 30.3 Å². The topological polar surface area (TPSA) is 20.2 Å². The maximum absolute atomic E-state index is 12.2. The monoisotopic (exact) mass is 272 g/mol. The largest absolute Gasteiger partial charge is 0.508 e. The van der Waals surface area contributed by atoms with Crippen LogP contribution in [-0.2, 0) is 6.42 Å². The number of unbranched alkanes of at least 4 members (excludes halogenated alkanes) is 1. The second-order valence-electron chi connectivity index (χ2n) is 5.13. The fraction of sp³-hybridized carbons (Fsp3) is 0.333. The Bertz CT molecular complexity index is 536. The minimum absolute atomic E-state index is 0.137. The van der Waals surface area contributed by atoms with Crippen molar-refractivity contribution in [2.24, 2.45) is 0 Å². The molecule has 0 saturated carbocycles. The SMILES string of the molecule is CC(c1ccccc1)c1c(O)cccc1CCCCF. The second kappa shape index (κ2) is 7.09. The van der Waals surface area contributed by atoms with Gasteiger partial charge in [-0.15, -0.1) is 0 Å². The molecule has 0 aromatic heterocycles. The Morgan fingerprint density at radius 1 is 1.00 bits per heavy atom. The summed E-state index contributed by atoms with van der Waals surface area (Å²) in [5, 5.41) is 10.2.